The summed E-state index contributed by atoms with van der Waals surface area (Å²) < 4.78 is 12.0. The van der Waals surface area contributed by atoms with E-state index >= 15 is 0 Å². The minimum atomic E-state index is -1.82. The molecule has 1 heterocycles. The number of carboxylic acid groups (broad SMARTS) is 2. The normalized spacial score (nSPS) is 9.60. The lowest BCUT2D eigenvalue weighted by molar-refractivity contribution is 0.117. The van der Waals surface area contributed by atoms with Crippen LogP contribution in [0.1, 0.15) is 0 Å². The average molecular weight is 220 g/mol. The van der Waals surface area contributed by atoms with Gasteiger partial charge in [-0.3, -0.25) is 0 Å². The Kier molecular flexibility index (Phi) is 2.56. The van der Waals surface area contributed by atoms with E-state index in [1.165, 1.54) is 0 Å². The maximum absolute atomic E-state index is 10.0. The quantitative estimate of drug-likeness (QED) is 0.531. The molecular formula is C6H4O9. The standard InChI is InChI=1S/C6H4O9/c7-1-2(8)4(15-6(11)12)13-3(1)14-5(9)10/h7-8H,(H,9,10)(H,11,12). The van der Waals surface area contributed by atoms with E-state index in [4.69, 9.17) is 20.4 Å². The van der Waals surface area contributed by atoms with E-state index < -0.39 is 35.7 Å². The lowest BCUT2D eigenvalue weighted by Gasteiger charge is -1.93. The zero-order chi connectivity index (χ0) is 11.6. The van der Waals surface area contributed by atoms with Crippen LogP contribution < -0.4 is 9.47 Å². The van der Waals surface area contributed by atoms with Gasteiger partial charge in [-0.2, -0.15) is 0 Å². The van der Waals surface area contributed by atoms with Gasteiger partial charge in [0.2, 0.25) is 11.5 Å². The Morgan fingerprint density at radius 1 is 0.933 bits per heavy atom. The second-order valence-corrected chi connectivity index (χ2v) is 2.11. The number of carbonyl (C=O) groups is 2. The van der Waals surface area contributed by atoms with E-state index in [0.717, 1.165) is 0 Å². The van der Waals surface area contributed by atoms with Gasteiger partial charge < -0.3 is 34.3 Å². The third kappa shape index (κ3) is 2.21. The Labute approximate surface area is 80.7 Å². The number of aromatic hydroxyl groups is 2. The molecule has 0 saturated carbocycles. The summed E-state index contributed by atoms with van der Waals surface area (Å²) in [7, 11) is 0. The summed E-state index contributed by atoms with van der Waals surface area (Å²) in [4.78, 5) is 20.1. The fraction of sp³-hybridized carbons (Fsp3) is 0. The molecule has 4 N–H and O–H groups in total. The van der Waals surface area contributed by atoms with Crippen molar-refractivity contribution in [1.82, 2.24) is 0 Å². The van der Waals surface area contributed by atoms with Crippen LogP contribution in [0.2, 0.25) is 0 Å². The molecule has 9 nitrogen and oxygen atoms in total. The van der Waals surface area contributed by atoms with Crippen molar-refractivity contribution < 1.29 is 43.9 Å². The summed E-state index contributed by atoms with van der Waals surface area (Å²) in [5.41, 5.74) is 0. The largest absolute Gasteiger partial charge is 0.513 e. The van der Waals surface area contributed by atoms with Crippen molar-refractivity contribution in [2.45, 2.75) is 0 Å². The molecule has 1 aromatic rings. The van der Waals surface area contributed by atoms with Crippen LogP contribution >= 0.6 is 0 Å². The number of furan rings is 1. The van der Waals surface area contributed by atoms with Gasteiger partial charge in [-0.1, -0.05) is 0 Å². The van der Waals surface area contributed by atoms with Crippen molar-refractivity contribution in [3.8, 4) is 23.4 Å². The van der Waals surface area contributed by atoms with Gasteiger partial charge in [0.1, 0.15) is 0 Å². The molecular weight excluding hydrogens is 216 g/mol. The molecule has 0 amide bonds. The second-order valence-electron chi connectivity index (χ2n) is 2.11. The maximum atomic E-state index is 10.0. The molecule has 9 heteroatoms. The summed E-state index contributed by atoms with van der Waals surface area (Å²) in [6.45, 7) is 0. The summed E-state index contributed by atoms with van der Waals surface area (Å²) in [5.74, 6) is -4.13. The van der Waals surface area contributed by atoms with Crippen molar-refractivity contribution in [3.63, 3.8) is 0 Å². The Morgan fingerprint density at radius 3 is 1.53 bits per heavy atom. The number of hydrogen-bond acceptors (Lipinski definition) is 7. The van der Waals surface area contributed by atoms with Crippen LogP contribution in [-0.4, -0.2) is 32.7 Å². The highest BCUT2D eigenvalue weighted by Crippen LogP contribution is 2.46. The smallest absolute Gasteiger partial charge is 0.499 e. The maximum Gasteiger partial charge on any atom is 0.513 e. The van der Waals surface area contributed by atoms with Crippen LogP contribution in [0.15, 0.2) is 4.42 Å². The molecule has 0 unspecified atom stereocenters. The van der Waals surface area contributed by atoms with Crippen molar-refractivity contribution in [3.05, 3.63) is 0 Å². The monoisotopic (exact) mass is 220 g/mol. The number of rotatable bonds is 2. The van der Waals surface area contributed by atoms with Crippen LogP contribution in [0.5, 0.6) is 23.4 Å². The highest BCUT2D eigenvalue weighted by atomic mass is 16.7. The zero-order valence-electron chi connectivity index (χ0n) is 6.83. The van der Waals surface area contributed by atoms with E-state index in [1.54, 1.807) is 0 Å². The predicted molar refractivity (Wildman–Crippen MR) is 39.3 cm³/mol. The Bertz CT molecular complexity index is 366. The lowest BCUT2D eigenvalue weighted by atomic mass is 10.5. The van der Waals surface area contributed by atoms with E-state index in [2.05, 4.69) is 13.9 Å². The Morgan fingerprint density at radius 2 is 1.27 bits per heavy atom. The highest BCUT2D eigenvalue weighted by molar-refractivity contribution is 5.66. The van der Waals surface area contributed by atoms with Gasteiger partial charge in [-0.05, 0) is 0 Å². The van der Waals surface area contributed by atoms with Crippen LogP contribution in [0.25, 0.3) is 0 Å². The predicted octanol–water partition coefficient (Wildman–Crippen LogP) is 0.804. The molecule has 0 aromatic carbocycles. The van der Waals surface area contributed by atoms with Crippen LogP contribution in [0.4, 0.5) is 9.59 Å². The van der Waals surface area contributed by atoms with Gasteiger partial charge in [0.15, 0.2) is 0 Å². The second kappa shape index (κ2) is 3.65. The summed E-state index contributed by atoms with van der Waals surface area (Å²) in [6.07, 6.45) is -3.64. The molecule has 0 aliphatic carbocycles. The first-order chi connectivity index (χ1) is 6.91. The Hall–Kier alpha value is -2.58. The SMILES string of the molecule is O=C(O)Oc1oc(OC(=O)O)c(O)c1O. The highest BCUT2D eigenvalue weighted by Gasteiger charge is 2.25. The van der Waals surface area contributed by atoms with Gasteiger partial charge in [0, 0.05) is 0 Å². The summed E-state index contributed by atoms with van der Waals surface area (Å²) in [6, 6.07) is 0. The first kappa shape index (κ1) is 10.5. The van der Waals surface area contributed by atoms with Crippen LogP contribution in [0, 0.1) is 0 Å². The fourth-order valence-electron chi connectivity index (χ4n) is 0.671. The molecule has 0 spiro atoms. The summed E-state index contributed by atoms with van der Waals surface area (Å²) in [5, 5.41) is 34.2. The van der Waals surface area contributed by atoms with Gasteiger partial charge >= 0.3 is 24.2 Å². The molecule has 0 aliphatic rings. The van der Waals surface area contributed by atoms with E-state index in [-0.39, 0.29) is 0 Å². The van der Waals surface area contributed by atoms with Crippen LogP contribution in [0.3, 0.4) is 0 Å². The van der Waals surface area contributed by atoms with Gasteiger partial charge in [-0.25, -0.2) is 9.59 Å². The average Bonchev–Trinajstić information content (AvgIpc) is 2.32. The molecule has 0 radical (unpaired) electrons. The number of hydrogen-bond donors (Lipinski definition) is 4. The molecule has 1 aromatic heterocycles. The van der Waals surface area contributed by atoms with Gasteiger partial charge in [0.05, 0.1) is 0 Å². The molecule has 0 bridgehead atoms. The minimum absolute atomic E-state index is 0.990. The molecule has 0 saturated heterocycles. The minimum Gasteiger partial charge on any atom is -0.499 e. The lowest BCUT2D eigenvalue weighted by Crippen LogP contribution is -2.03. The third-order valence-corrected chi connectivity index (χ3v) is 1.16. The van der Waals surface area contributed by atoms with Crippen LogP contribution in [-0.2, 0) is 0 Å². The fourth-order valence-corrected chi connectivity index (χ4v) is 0.671. The Balaban J connectivity index is 3.00. The van der Waals surface area contributed by atoms with Crippen molar-refractivity contribution >= 4 is 12.3 Å². The van der Waals surface area contributed by atoms with E-state index in [9.17, 15) is 9.59 Å². The molecule has 15 heavy (non-hydrogen) atoms. The van der Waals surface area contributed by atoms with E-state index in [0.29, 0.717) is 0 Å². The zero-order valence-corrected chi connectivity index (χ0v) is 6.83. The molecule has 1 rings (SSSR count). The first-order valence-corrected chi connectivity index (χ1v) is 3.28. The van der Waals surface area contributed by atoms with Crippen molar-refractivity contribution in [2.24, 2.45) is 0 Å². The molecule has 0 atom stereocenters. The van der Waals surface area contributed by atoms with E-state index in [1.807, 2.05) is 0 Å². The first-order valence-electron chi connectivity index (χ1n) is 3.28. The molecule has 82 valence electrons. The van der Waals surface area contributed by atoms with Crippen molar-refractivity contribution in [1.29, 1.82) is 0 Å². The third-order valence-electron chi connectivity index (χ3n) is 1.16. The number of ether oxygens (including phenoxy) is 2. The summed E-state index contributed by atoms with van der Waals surface area (Å²) >= 11 is 0. The van der Waals surface area contributed by atoms with Gasteiger partial charge in [0.25, 0.3) is 0 Å². The van der Waals surface area contributed by atoms with Crippen molar-refractivity contribution in [2.75, 3.05) is 0 Å². The molecule has 0 fully saturated rings. The molecule has 0 aliphatic heterocycles. The topological polar surface area (TPSA) is 147 Å². The van der Waals surface area contributed by atoms with Gasteiger partial charge in [-0.15, -0.1) is 0 Å².